The summed E-state index contributed by atoms with van der Waals surface area (Å²) in [6, 6.07) is 13.1. The number of non-ortho nitro benzene ring substituents is 1. The molecule has 0 bridgehead atoms. The minimum atomic E-state index is -0.937. The minimum Gasteiger partial charge on any atom is -0.448 e. The van der Waals surface area contributed by atoms with Crippen molar-refractivity contribution in [2.45, 2.75) is 12.5 Å². The van der Waals surface area contributed by atoms with E-state index in [-0.39, 0.29) is 12.1 Å². The highest BCUT2D eigenvalue weighted by molar-refractivity contribution is 7.14. The van der Waals surface area contributed by atoms with Crippen LogP contribution in [0.3, 0.4) is 0 Å². The molecule has 1 aliphatic heterocycles. The Bertz CT molecular complexity index is 1090. The number of carbonyl (C=O) groups is 2. The van der Waals surface area contributed by atoms with Crippen molar-refractivity contribution in [2.24, 2.45) is 0 Å². The lowest BCUT2D eigenvalue weighted by atomic mass is 9.98. The van der Waals surface area contributed by atoms with Crippen LogP contribution in [0.25, 0.3) is 11.3 Å². The molecule has 1 aromatic heterocycles. The van der Waals surface area contributed by atoms with Gasteiger partial charge >= 0.3 is 5.97 Å². The van der Waals surface area contributed by atoms with Crippen LogP contribution in [-0.4, -0.2) is 27.9 Å². The van der Waals surface area contributed by atoms with Gasteiger partial charge in [-0.25, -0.2) is 9.78 Å². The molecule has 0 radical (unpaired) electrons. The number of thiazole rings is 1. The molecule has 1 N–H and O–H groups in total. The van der Waals surface area contributed by atoms with Gasteiger partial charge in [-0.05, 0) is 11.6 Å². The van der Waals surface area contributed by atoms with E-state index in [1.807, 2.05) is 0 Å². The first kappa shape index (κ1) is 17.8. The van der Waals surface area contributed by atoms with Crippen LogP contribution in [0.5, 0.6) is 0 Å². The van der Waals surface area contributed by atoms with Crippen LogP contribution in [0, 0.1) is 10.1 Å². The first-order valence-electron chi connectivity index (χ1n) is 8.31. The van der Waals surface area contributed by atoms with Crippen molar-refractivity contribution in [3.63, 3.8) is 0 Å². The van der Waals surface area contributed by atoms with Crippen molar-refractivity contribution >= 4 is 34.0 Å². The lowest BCUT2D eigenvalue weighted by Gasteiger charge is -2.23. The molecule has 0 saturated carbocycles. The van der Waals surface area contributed by atoms with Gasteiger partial charge in [0.2, 0.25) is 0 Å². The van der Waals surface area contributed by atoms with Gasteiger partial charge in [-0.15, -0.1) is 11.3 Å². The largest absolute Gasteiger partial charge is 0.448 e. The van der Waals surface area contributed by atoms with E-state index >= 15 is 0 Å². The number of benzene rings is 2. The van der Waals surface area contributed by atoms with Gasteiger partial charge in [-0.3, -0.25) is 20.2 Å². The summed E-state index contributed by atoms with van der Waals surface area (Å²) in [5, 5.41) is 15.6. The van der Waals surface area contributed by atoms with Crippen LogP contribution < -0.4 is 5.32 Å². The Balaban J connectivity index is 1.49. The second-order valence-corrected chi connectivity index (χ2v) is 6.95. The molecule has 2 aromatic carbocycles. The minimum absolute atomic E-state index is 0.0381. The number of nitro benzene ring substituents is 1. The van der Waals surface area contributed by atoms with E-state index < -0.39 is 22.9 Å². The number of aromatic nitrogens is 1. The van der Waals surface area contributed by atoms with E-state index in [1.54, 1.807) is 41.8 Å². The molecule has 0 fully saturated rings. The Labute approximate surface area is 162 Å². The van der Waals surface area contributed by atoms with Crippen LogP contribution in [0.15, 0.2) is 53.9 Å². The molecule has 3 aromatic rings. The van der Waals surface area contributed by atoms with Gasteiger partial charge < -0.3 is 4.74 Å². The SMILES string of the molecule is O=C1O[C@H](C(=O)Nc2nc(-c3cccc([N+](=O)[O-])c3)cs2)Cc2ccccc21. The van der Waals surface area contributed by atoms with Crippen LogP contribution in [0.4, 0.5) is 10.8 Å². The molecule has 0 aliphatic carbocycles. The van der Waals surface area contributed by atoms with Crippen LogP contribution in [0.2, 0.25) is 0 Å². The molecule has 140 valence electrons. The van der Waals surface area contributed by atoms with Crippen molar-refractivity contribution in [3.05, 3.63) is 75.2 Å². The summed E-state index contributed by atoms with van der Waals surface area (Å²) in [5.74, 6) is -0.999. The van der Waals surface area contributed by atoms with Gasteiger partial charge in [0.15, 0.2) is 11.2 Å². The maximum Gasteiger partial charge on any atom is 0.339 e. The first-order chi connectivity index (χ1) is 13.5. The van der Waals surface area contributed by atoms with Gasteiger partial charge in [-0.1, -0.05) is 30.3 Å². The highest BCUT2D eigenvalue weighted by Crippen LogP contribution is 2.28. The predicted molar refractivity (Wildman–Crippen MR) is 102 cm³/mol. The molecule has 2 heterocycles. The smallest absolute Gasteiger partial charge is 0.339 e. The second-order valence-electron chi connectivity index (χ2n) is 6.09. The molecule has 0 unspecified atom stereocenters. The lowest BCUT2D eigenvalue weighted by Crippen LogP contribution is -2.37. The van der Waals surface area contributed by atoms with E-state index in [0.29, 0.717) is 22.0 Å². The molecule has 0 saturated heterocycles. The van der Waals surface area contributed by atoms with Gasteiger partial charge in [0.25, 0.3) is 11.6 Å². The normalized spacial score (nSPS) is 15.4. The van der Waals surface area contributed by atoms with Crippen molar-refractivity contribution in [1.82, 2.24) is 4.98 Å². The van der Waals surface area contributed by atoms with Gasteiger partial charge in [0.1, 0.15) is 0 Å². The number of esters is 1. The molecule has 28 heavy (non-hydrogen) atoms. The number of amides is 1. The lowest BCUT2D eigenvalue weighted by molar-refractivity contribution is -0.384. The van der Waals surface area contributed by atoms with Crippen LogP contribution in [0.1, 0.15) is 15.9 Å². The maximum atomic E-state index is 12.5. The standard InChI is InChI=1S/C19H13N3O5S/c23-17(16-9-11-4-1-2-7-14(11)18(24)27-16)21-19-20-15(10-28-19)12-5-3-6-13(8-12)22(25)26/h1-8,10,16H,9H2,(H,20,21,23)/t16-/m0/s1. The fourth-order valence-electron chi connectivity index (χ4n) is 2.91. The highest BCUT2D eigenvalue weighted by Gasteiger charge is 2.31. The van der Waals surface area contributed by atoms with E-state index in [4.69, 9.17) is 4.74 Å². The van der Waals surface area contributed by atoms with Crippen molar-refractivity contribution in [2.75, 3.05) is 5.32 Å². The maximum absolute atomic E-state index is 12.5. The first-order valence-corrected chi connectivity index (χ1v) is 9.19. The molecule has 1 aliphatic rings. The topological polar surface area (TPSA) is 111 Å². The van der Waals surface area contributed by atoms with Crippen molar-refractivity contribution in [1.29, 1.82) is 0 Å². The van der Waals surface area contributed by atoms with Crippen LogP contribution in [-0.2, 0) is 16.0 Å². The van der Waals surface area contributed by atoms with Crippen molar-refractivity contribution < 1.29 is 19.2 Å². The third kappa shape index (κ3) is 3.47. The number of cyclic esters (lactones) is 1. The zero-order valence-electron chi connectivity index (χ0n) is 14.3. The third-order valence-corrected chi connectivity index (χ3v) is 5.03. The Kier molecular flexibility index (Phi) is 4.58. The van der Waals surface area contributed by atoms with E-state index in [0.717, 1.165) is 5.56 Å². The summed E-state index contributed by atoms with van der Waals surface area (Å²) < 4.78 is 5.23. The number of rotatable bonds is 4. The number of anilines is 1. The Hall–Kier alpha value is -3.59. The number of ether oxygens (including phenoxy) is 1. The molecule has 9 heteroatoms. The van der Waals surface area contributed by atoms with Gasteiger partial charge in [-0.2, -0.15) is 0 Å². The average Bonchev–Trinajstić information content (AvgIpc) is 3.16. The number of nitrogens with zero attached hydrogens (tertiary/aromatic N) is 2. The van der Waals surface area contributed by atoms with Gasteiger partial charge in [0.05, 0.1) is 16.2 Å². The van der Waals surface area contributed by atoms with Crippen LogP contribution >= 0.6 is 11.3 Å². The third-order valence-electron chi connectivity index (χ3n) is 4.27. The number of nitrogens with one attached hydrogen (secondary N) is 1. The molecular formula is C19H13N3O5S. The fraction of sp³-hybridized carbons (Fsp3) is 0.105. The molecule has 1 amide bonds. The Morgan fingerprint density at radius 1 is 1.25 bits per heavy atom. The van der Waals surface area contributed by atoms with Crippen molar-refractivity contribution in [3.8, 4) is 11.3 Å². The molecule has 4 rings (SSSR count). The average molecular weight is 395 g/mol. The summed E-state index contributed by atoms with van der Waals surface area (Å²) in [5.41, 5.74) is 2.27. The summed E-state index contributed by atoms with van der Waals surface area (Å²) in [6.45, 7) is 0. The number of nitro groups is 1. The number of hydrogen-bond donors (Lipinski definition) is 1. The summed E-state index contributed by atoms with van der Waals surface area (Å²) >= 11 is 1.18. The Morgan fingerprint density at radius 2 is 2.07 bits per heavy atom. The molecule has 1 atom stereocenters. The van der Waals surface area contributed by atoms with Gasteiger partial charge in [0, 0.05) is 29.5 Å². The Morgan fingerprint density at radius 3 is 2.89 bits per heavy atom. The number of hydrogen-bond acceptors (Lipinski definition) is 7. The number of carbonyl (C=O) groups excluding carboxylic acids is 2. The zero-order chi connectivity index (χ0) is 19.7. The predicted octanol–water partition coefficient (Wildman–Crippen LogP) is 3.44. The monoisotopic (exact) mass is 395 g/mol. The molecular weight excluding hydrogens is 382 g/mol. The zero-order valence-corrected chi connectivity index (χ0v) is 15.1. The summed E-state index contributed by atoms with van der Waals surface area (Å²) in [4.78, 5) is 39.3. The second kappa shape index (κ2) is 7.20. The highest BCUT2D eigenvalue weighted by atomic mass is 32.1. The van der Waals surface area contributed by atoms with E-state index in [1.165, 1.54) is 23.5 Å². The summed E-state index contributed by atoms with van der Waals surface area (Å²) in [7, 11) is 0. The fourth-order valence-corrected chi connectivity index (χ4v) is 3.63. The van der Waals surface area contributed by atoms with E-state index in [2.05, 4.69) is 10.3 Å². The summed E-state index contributed by atoms with van der Waals surface area (Å²) in [6.07, 6.45) is -0.649. The van der Waals surface area contributed by atoms with E-state index in [9.17, 15) is 19.7 Å². The quantitative estimate of drug-likeness (QED) is 0.411. The number of fused-ring (bicyclic) bond motifs is 1. The molecule has 0 spiro atoms. The molecule has 8 nitrogen and oxygen atoms in total.